The molecular formula is C16H27N3. The van der Waals surface area contributed by atoms with Gasteiger partial charge in [-0.1, -0.05) is 31.2 Å². The van der Waals surface area contributed by atoms with Gasteiger partial charge in [0.15, 0.2) is 0 Å². The molecule has 2 unspecified atom stereocenters. The van der Waals surface area contributed by atoms with Crippen LogP contribution >= 0.6 is 0 Å². The summed E-state index contributed by atoms with van der Waals surface area (Å²) in [6.45, 7) is 8.80. The third-order valence-corrected chi connectivity index (χ3v) is 4.16. The lowest BCUT2D eigenvalue weighted by molar-refractivity contribution is 0.101. The van der Waals surface area contributed by atoms with E-state index in [4.69, 9.17) is 5.73 Å². The Morgan fingerprint density at radius 2 is 1.68 bits per heavy atom. The van der Waals surface area contributed by atoms with Gasteiger partial charge in [-0.3, -0.25) is 4.90 Å². The Kier molecular flexibility index (Phi) is 4.97. The van der Waals surface area contributed by atoms with Crippen LogP contribution in [0, 0.1) is 0 Å². The van der Waals surface area contributed by atoms with Crippen LogP contribution in [0.15, 0.2) is 24.3 Å². The first-order valence-electron chi connectivity index (χ1n) is 7.39. The average molecular weight is 261 g/mol. The molecule has 0 saturated carbocycles. The second-order valence-electron chi connectivity index (χ2n) is 5.74. The summed E-state index contributed by atoms with van der Waals surface area (Å²) in [5.41, 5.74) is 9.00. The highest BCUT2D eigenvalue weighted by Gasteiger charge is 2.26. The van der Waals surface area contributed by atoms with E-state index < -0.39 is 0 Å². The zero-order chi connectivity index (χ0) is 13.8. The topological polar surface area (TPSA) is 32.5 Å². The molecule has 2 atom stereocenters. The summed E-state index contributed by atoms with van der Waals surface area (Å²) in [5.74, 6) is 0. The lowest BCUT2D eigenvalue weighted by atomic mass is 9.97. The molecule has 0 aliphatic carbocycles. The molecule has 0 amide bonds. The van der Waals surface area contributed by atoms with Gasteiger partial charge in [0.2, 0.25) is 0 Å². The van der Waals surface area contributed by atoms with Crippen molar-refractivity contribution in [2.45, 2.75) is 32.4 Å². The van der Waals surface area contributed by atoms with Crippen LogP contribution in [0.3, 0.4) is 0 Å². The molecule has 1 aliphatic heterocycles. The van der Waals surface area contributed by atoms with E-state index in [2.05, 4.69) is 55.0 Å². The van der Waals surface area contributed by atoms with Crippen molar-refractivity contribution in [3.05, 3.63) is 35.4 Å². The summed E-state index contributed by atoms with van der Waals surface area (Å²) in [6, 6.07) is 9.49. The second-order valence-corrected chi connectivity index (χ2v) is 5.74. The maximum absolute atomic E-state index is 6.25. The van der Waals surface area contributed by atoms with Gasteiger partial charge in [0, 0.05) is 38.3 Å². The summed E-state index contributed by atoms with van der Waals surface area (Å²) < 4.78 is 0. The van der Waals surface area contributed by atoms with Gasteiger partial charge >= 0.3 is 0 Å². The Balaban J connectivity index is 2.14. The Labute approximate surface area is 117 Å². The quantitative estimate of drug-likeness (QED) is 0.898. The van der Waals surface area contributed by atoms with E-state index >= 15 is 0 Å². The molecule has 0 bridgehead atoms. The number of aryl methyl sites for hydroxylation is 1. The van der Waals surface area contributed by atoms with Gasteiger partial charge in [0.1, 0.15) is 0 Å². The van der Waals surface area contributed by atoms with Crippen LogP contribution < -0.4 is 5.73 Å². The van der Waals surface area contributed by atoms with E-state index in [-0.39, 0.29) is 6.04 Å². The molecule has 3 nitrogen and oxygen atoms in total. The average Bonchev–Trinajstić information content (AvgIpc) is 2.42. The number of rotatable bonds is 4. The number of nitrogens with two attached hydrogens (primary N) is 1. The number of nitrogens with zero attached hydrogens (tertiary/aromatic N) is 2. The molecule has 19 heavy (non-hydrogen) atoms. The minimum atomic E-state index is 0.163. The highest BCUT2D eigenvalue weighted by molar-refractivity contribution is 5.26. The van der Waals surface area contributed by atoms with Crippen molar-refractivity contribution >= 4 is 0 Å². The number of hydrogen-bond acceptors (Lipinski definition) is 3. The fraction of sp³-hybridized carbons (Fsp3) is 0.625. The van der Waals surface area contributed by atoms with Crippen LogP contribution in [0.1, 0.15) is 31.0 Å². The predicted molar refractivity (Wildman–Crippen MR) is 81.3 cm³/mol. The van der Waals surface area contributed by atoms with Crippen LogP contribution in [0.25, 0.3) is 0 Å². The first-order chi connectivity index (χ1) is 9.11. The lowest BCUT2D eigenvalue weighted by Crippen LogP contribution is -2.49. The highest BCUT2D eigenvalue weighted by Crippen LogP contribution is 2.25. The molecule has 0 aromatic heterocycles. The molecule has 0 spiro atoms. The Hall–Kier alpha value is -0.900. The van der Waals surface area contributed by atoms with Crippen molar-refractivity contribution in [1.29, 1.82) is 0 Å². The van der Waals surface area contributed by atoms with Crippen molar-refractivity contribution in [2.24, 2.45) is 5.73 Å². The molecule has 1 aliphatic rings. The van der Waals surface area contributed by atoms with E-state index in [1.54, 1.807) is 0 Å². The number of likely N-dealkylation sites (N-methyl/N-ethyl adjacent to an activating group) is 1. The summed E-state index contributed by atoms with van der Waals surface area (Å²) in [4.78, 5) is 4.92. The molecule has 3 heteroatoms. The van der Waals surface area contributed by atoms with Crippen molar-refractivity contribution < 1.29 is 0 Å². The fourth-order valence-electron chi connectivity index (χ4n) is 2.90. The maximum Gasteiger partial charge on any atom is 0.0497 e. The normalized spacial score (nSPS) is 21.3. The van der Waals surface area contributed by atoms with E-state index in [0.29, 0.717) is 6.04 Å². The fourth-order valence-corrected chi connectivity index (χ4v) is 2.90. The molecule has 1 fully saturated rings. The summed E-state index contributed by atoms with van der Waals surface area (Å²) in [6.07, 6.45) is 1.09. The Bertz CT molecular complexity index is 377. The Morgan fingerprint density at radius 3 is 2.16 bits per heavy atom. The van der Waals surface area contributed by atoms with Crippen molar-refractivity contribution in [2.75, 3.05) is 33.2 Å². The standard InChI is InChI=1S/C16H27N3/c1-4-14-5-7-15(8-6-14)16(13(2)17)19-11-9-18(3)10-12-19/h5-8,13,16H,4,9-12,17H2,1-3H3. The predicted octanol–water partition coefficient (Wildman–Crippen LogP) is 1.88. The van der Waals surface area contributed by atoms with E-state index in [0.717, 1.165) is 32.6 Å². The zero-order valence-electron chi connectivity index (χ0n) is 12.5. The van der Waals surface area contributed by atoms with Gasteiger partial charge in [0.25, 0.3) is 0 Å². The third-order valence-electron chi connectivity index (χ3n) is 4.16. The summed E-state index contributed by atoms with van der Waals surface area (Å²) in [5, 5.41) is 0. The van der Waals surface area contributed by atoms with Crippen molar-refractivity contribution in [3.8, 4) is 0 Å². The van der Waals surface area contributed by atoms with Crippen LogP contribution in [0.2, 0.25) is 0 Å². The van der Waals surface area contributed by atoms with Crippen LogP contribution in [0.4, 0.5) is 0 Å². The molecule has 1 aromatic rings. The molecule has 0 radical (unpaired) electrons. The van der Waals surface area contributed by atoms with Gasteiger partial charge in [0.05, 0.1) is 0 Å². The van der Waals surface area contributed by atoms with Gasteiger partial charge in [-0.25, -0.2) is 0 Å². The third kappa shape index (κ3) is 3.56. The highest BCUT2D eigenvalue weighted by atomic mass is 15.3. The Morgan fingerprint density at radius 1 is 1.11 bits per heavy atom. The van der Waals surface area contributed by atoms with Crippen LogP contribution in [-0.2, 0) is 6.42 Å². The van der Waals surface area contributed by atoms with E-state index in [1.807, 2.05) is 0 Å². The molecule has 2 N–H and O–H groups in total. The molecule has 1 aromatic carbocycles. The minimum Gasteiger partial charge on any atom is -0.326 e. The van der Waals surface area contributed by atoms with E-state index in [9.17, 15) is 0 Å². The summed E-state index contributed by atoms with van der Waals surface area (Å²) >= 11 is 0. The van der Waals surface area contributed by atoms with Gasteiger partial charge in [-0.15, -0.1) is 0 Å². The van der Waals surface area contributed by atoms with E-state index in [1.165, 1.54) is 11.1 Å². The van der Waals surface area contributed by atoms with Crippen LogP contribution in [-0.4, -0.2) is 49.1 Å². The number of piperazine rings is 1. The number of hydrogen-bond donors (Lipinski definition) is 1. The first kappa shape index (κ1) is 14.5. The molecule has 106 valence electrons. The molecule has 1 heterocycles. The summed E-state index contributed by atoms with van der Waals surface area (Å²) in [7, 11) is 2.19. The molecule has 1 saturated heterocycles. The van der Waals surface area contributed by atoms with Crippen molar-refractivity contribution in [1.82, 2.24) is 9.80 Å². The SMILES string of the molecule is CCc1ccc(C(C(C)N)N2CCN(C)CC2)cc1. The molecular weight excluding hydrogens is 234 g/mol. The van der Waals surface area contributed by atoms with Gasteiger partial charge < -0.3 is 10.6 Å². The first-order valence-corrected chi connectivity index (χ1v) is 7.39. The minimum absolute atomic E-state index is 0.163. The van der Waals surface area contributed by atoms with Crippen molar-refractivity contribution in [3.63, 3.8) is 0 Å². The largest absolute Gasteiger partial charge is 0.326 e. The van der Waals surface area contributed by atoms with Gasteiger partial charge in [-0.05, 0) is 31.5 Å². The second kappa shape index (κ2) is 6.51. The van der Waals surface area contributed by atoms with Gasteiger partial charge in [-0.2, -0.15) is 0 Å². The lowest BCUT2D eigenvalue weighted by Gasteiger charge is -2.40. The molecule has 2 rings (SSSR count). The smallest absolute Gasteiger partial charge is 0.0497 e. The van der Waals surface area contributed by atoms with Crippen LogP contribution in [0.5, 0.6) is 0 Å². The monoisotopic (exact) mass is 261 g/mol. The number of benzene rings is 1. The zero-order valence-corrected chi connectivity index (χ0v) is 12.5. The maximum atomic E-state index is 6.25.